The predicted molar refractivity (Wildman–Crippen MR) is 101 cm³/mol. The van der Waals surface area contributed by atoms with E-state index in [9.17, 15) is 4.79 Å². The molecule has 25 heavy (non-hydrogen) atoms. The number of hydrogen-bond acceptors (Lipinski definition) is 4. The van der Waals surface area contributed by atoms with Crippen molar-refractivity contribution in [3.05, 3.63) is 52.0 Å². The van der Waals surface area contributed by atoms with Crippen LogP contribution in [0, 0.1) is 0 Å². The summed E-state index contributed by atoms with van der Waals surface area (Å²) in [6.45, 7) is 4.78. The first-order chi connectivity index (χ1) is 12.1. The van der Waals surface area contributed by atoms with E-state index in [4.69, 9.17) is 9.47 Å². The van der Waals surface area contributed by atoms with Crippen LogP contribution in [0.2, 0.25) is 0 Å². The van der Waals surface area contributed by atoms with Gasteiger partial charge in [0.25, 0.3) is 0 Å². The first kappa shape index (κ1) is 19.1. The molecular weight excluding hydrogens is 386 g/mol. The van der Waals surface area contributed by atoms with Crippen molar-refractivity contribution >= 4 is 27.7 Å². The van der Waals surface area contributed by atoms with Crippen LogP contribution >= 0.6 is 15.9 Å². The van der Waals surface area contributed by atoms with Gasteiger partial charge in [-0.25, -0.2) is 4.79 Å². The van der Waals surface area contributed by atoms with Crippen LogP contribution in [0.4, 0.5) is 10.5 Å². The summed E-state index contributed by atoms with van der Waals surface area (Å²) in [5.41, 5.74) is 2.57. The van der Waals surface area contributed by atoms with Crippen LogP contribution in [-0.4, -0.2) is 19.8 Å². The zero-order valence-electron chi connectivity index (χ0n) is 14.6. The summed E-state index contributed by atoms with van der Waals surface area (Å²) in [7, 11) is 1.32. The standard InChI is InChI=1S/C19H22BrNO4/c1-4-13-9-10-18(15(20)11-13)25-12-14-16(21-19(22)23-3)7-6-8-17(14)24-5-2/h6-11H,4-5,12H2,1-3H3,(H,21,22). The van der Waals surface area contributed by atoms with Gasteiger partial charge < -0.3 is 14.2 Å². The minimum atomic E-state index is -0.539. The van der Waals surface area contributed by atoms with Gasteiger partial charge in [-0.2, -0.15) is 0 Å². The molecule has 5 nitrogen and oxygen atoms in total. The third-order valence-electron chi connectivity index (χ3n) is 3.63. The molecule has 6 heteroatoms. The fourth-order valence-electron chi connectivity index (χ4n) is 2.31. The second kappa shape index (κ2) is 9.32. The number of benzene rings is 2. The Kier molecular flexibility index (Phi) is 7.13. The number of carbonyl (C=O) groups excluding carboxylic acids is 1. The van der Waals surface area contributed by atoms with Crippen LogP contribution in [0.3, 0.4) is 0 Å². The van der Waals surface area contributed by atoms with E-state index in [1.807, 2.05) is 37.3 Å². The Morgan fingerprint density at radius 1 is 1.12 bits per heavy atom. The van der Waals surface area contributed by atoms with E-state index in [1.165, 1.54) is 12.7 Å². The van der Waals surface area contributed by atoms with E-state index in [0.717, 1.165) is 22.2 Å². The first-order valence-corrected chi connectivity index (χ1v) is 8.89. The molecular formula is C19H22BrNO4. The van der Waals surface area contributed by atoms with E-state index < -0.39 is 6.09 Å². The normalized spacial score (nSPS) is 10.2. The fraction of sp³-hybridized carbons (Fsp3) is 0.316. The Bertz CT molecular complexity index is 733. The lowest BCUT2D eigenvalue weighted by molar-refractivity contribution is 0.187. The lowest BCUT2D eigenvalue weighted by Gasteiger charge is -2.16. The maximum Gasteiger partial charge on any atom is 0.411 e. The second-order valence-electron chi connectivity index (χ2n) is 5.24. The maximum atomic E-state index is 11.6. The molecule has 1 amide bonds. The van der Waals surface area contributed by atoms with Crippen LogP contribution in [0.1, 0.15) is 25.0 Å². The molecule has 0 aliphatic carbocycles. The predicted octanol–water partition coefficient (Wildman–Crippen LogP) is 5.17. The molecule has 134 valence electrons. The summed E-state index contributed by atoms with van der Waals surface area (Å²) in [4.78, 5) is 11.6. The van der Waals surface area contributed by atoms with E-state index in [1.54, 1.807) is 6.07 Å². The van der Waals surface area contributed by atoms with Crippen molar-refractivity contribution in [2.45, 2.75) is 26.9 Å². The number of ether oxygens (including phenoxy) is 3. The van der Waals surface area contributed by atoms with Crippen molar-refractivity contribution in [3.63, 3.8) is 0 Å². The number of aryl methyl sites for hydroxylation is 1. The highest BCUT2D eigenvalue weighted by molar-refractivity contribution is 9.10. The number of carbonyl (C=O) groups is 1. The summed E-state index contributed by atoms with van der Waals surface area (Å²) in [5, 5.41) is 2.70. The number of anilines is 1. The van der Waals surface area contributed by atoms with Crippen molar-refractivity contribution in [2.75, 3.05) is 19.0 Å². The van der Waals surface area contributed by atoms with Gasteiger partial charge in [0.05, 0.1) is 29.4 Å². The lowest BCUT2D eigenvalue weighted by atomic mass is 10.1. The maximum absolute atomic E-state index is 11.6. The van der Waals surface area contributed by atoms with E-state index in [0.29, 0.717) is 18.0 Å². The Morgan fingerprint density at radius 3 is 2.56 bits per heavy atom. The van der Waals surface area contributed by atoms with Crippen molar-refractivity contribution < 1.29 is 19.0 Å². The molecule has 0 fully saturated rings. The number of nitrogens with one attached hydrogen (secondary N) is 1. The molecule has 1 N–H and O–H groups in total. The van der Waals surface area contributed by atoms with Crippen LogP contribution in [-0.2, 0) is 17.8 Å². The van der Waals surface area contributed by atoms with Crippen LogP contribution in [0.15, 0.2) is 40.9 Å². The minimum Gasteiger partial charge on any atom is -0.493 e. The van der Waals surface area contributed by atoms with E-state index in [-0.39, 0.29) is 6.61 Å². The smallest absolute Gasteiger partial charge is 0.411 e. The molecule has 0 radical (unpaired) electrons. The monoisotopic (exact) mass is 407 g/mol. The summed E-state index contributed by atoms with van der Waals surface area (Å²) in [6.07, 6.45) is 0.419. The van der Waals surface area contributed by atoms with Gasteiger partial charge in [-0.05, 0) is 59.1 Å². The van der Waals surface area contributed by atoms with Gasteiger partial charge in [-0.15, -0.1) is 0 Å². The topological polar surface area (TPSA) is 56.8 Å². The van der Waals surface area contributed by atoms with Crippen LogP contribution in [0.5, 0.6) is 11.5 Å². The molecule has 0 saturated carbocycles. The van der Waals surface area contributed by atoms with Crippen molar-refractivity contribution in [1.29, 1.82) is 0 Å². The van der Waals surface area contributed by atoms with Gasteiger partial charge >= 0.3 is 6.09 Å². The van der Waals surface area contributed by atoms with Gasteiger partial charge in [0.2, 0.25) is 0 Å². The quantitative estimate of drug-likeness (QED) is 0.687. The first-order valence-electron chi connectivity index (χ1n) is 8.09. The Balaban J connectivity index is 2.25. The number of amides is 1. The molecule has 0 unspecified atom stereocenters. The van der Waals surface area contributed by atoms with Crippen LogP contribution in [0.25, 0.3) is 0 Å². The summed E-state index contributed by atoms with van der Waals surface area (Å²) < 4.78 is 17.2. The summed E-state index contributed by atoms with van der Waals surface area (Å²) in [6, 6.07) is 11.4. The van der Waals surface area contributed by atoms with Gasteiger partial charge in [-0.1, -0.05) is 19.1 Å². The number of halogens is 1. The highest BCUT2D eigenvalue weighted by atomic mass is 79.9. The van der Waals surface area contributed by atoms with Gasteiger partial charge in [0.15, 0.2) is 0 Å². The van der Waals surface area contributed by atoms with E-state index >= 15 is 0 Å². The largest absolute Gasteiger partial charge is 0.493 e. The minimum absolute atomic E-state index is 0.250. The molecule has 2 aromatic carbocycles. The fourth-order valence-corrected chi connectivity index (χ4v) is 2.86. The van der Waals surface area contributed by atoms with Crippen molar-refractivity contribution in [2.24, 2.45) is 0 Å². The number of hydrogen-bond donors (Lipinski definition) is 1. The molecule has 2 rings (SSSR count). The third kappa shape index (κ3) is 5.13. The summed E-state index contributed by atoms with van der Waals surface area (Å²) in [5.74, 6) is 1.39. The Labute approximate surface area is 156 Å². The molecule has 0 spiro atoms. The molecule has 0 bridgehead atoms. The SMILES string of the molecule is CCOc1cccc(NC(=O)OC)c1COc1ccc(CC)cc1Br. The molecule has 0 saturated heterocycles. The lowest BCUT2D eigenvalue weighted by Crippen LogP contribution is -2.14. The van der Waals surface area contributed by atoms with Gasteiger partial charge in [-0.3, -0.25) is 5.32 Å². The molecule has 0 aromatic heterocycles. The Morgan fingerprint density at radius 2 is 1.92 bits per heavy atom. The van der Waals surface area contributed by atoms with Gasteiger partial charge in [0, 0.05) is 0 Å². The molecule has 0 atom stereocenters. The average molecular weight is 408 g/mol. The Hall–Kier alpha value is -2.21. The number of rotatable bonds is 7. The van der Waals surface area contributed by atoms with Gasteiger partial charge in [0.1, 0.15) is 18.1 Å². The van der Waals surface area contributed by atoms with E-state index in [2.05, 4.69) is 32.9 Å². The van der Waals surface area contributed by atoms with Crippen molar-refractivity contribution in [3.8, 4) is 11.5 Å². The molecule has 0 aliphatic heterocycles. The second-order valence-corrected chi connectivity index (χ2v) is 6.09. The third-order valence-corrected chi connectivity index (χ3v) is 4.25. The van der Waals surface area contributed by atoms with Crippen LogP contribution < -0.4 is 14.8 Å². The molecule has 0 heterocycles. The molecule has 0 aliphatic rings. The number of methoxy groups -OCH3 is 1. The highest BCUT2D eigenvalue weighted by Gasteiger charge is 2.14. The summed E-state index contributed by atoms with van der Waals surface area (Å²) >= 11 is 3.53. The molecule has 2 aromatic rings. The van der Waals surface area contributed by atoms with Crippen molar-refractivity contribution in [1.82, 2.24) is 0 Å². The highest BCUT2D eigenvalue weighted by Crippen LogP contribution is 2.31. The zero-order valence-corrected chi connectivity index (χ0v) is 16.2. The zero-order chi connectivity index (χ0) is 18.2. The average Bonchev–Trinajstić information content (AvgIpc) is 2.62.